The molecule has 0 spiro atoms. The Morgan fingerprint density at radius 2 is 2.00 bits per heavy atom. The second-order valence-electron chi connectivity index (χ2n) is 6.41. The zero-order chi connectivity index (χ0) is 19.8. The predicted molar refractivity (Wildman–Crippen MR) is 108 cm³/mol. The number of rotatable bonds is 6. The monoisotopic (exact) mass is 380 g/mol. The van der Waals surface area contributed by atoms with Crippen molar-refractivity contribution in [2.24, 2.45) is 4.99 Å². The third-order valence-electron chi connectivity index (χ3n) is 4.47. The van der Waals surface area contributed by atoms with Crippen LogP contribution in [0.5, 0.6) is 0 Å². The van der Waals surface area contributed by atoms with E-state index in [2.05, 4.69) is 31.2 Å². The Bertz CT molecular complexity index is 853. The molecule has 3 rings (SSSR count). The summed E-state index contributed by atoms with van der Waals surface area (Å²) >= 11 is 0. The van der Waals surface area contributed by atoms with E-state index in [9.17, 15) is 9.59 Å². The summed E-state index contributed by atoms with van der Waals surface area (Å²) in [4.78, 5) is 32.0. The number of aliphatic imine (C=N–C) groups is 1. The minimum atomic E-state index is -0.164. The van der Waals surface area contributed by atoms with E-state index >= 15 is 0 Å². The number of nitrogens with zero attached hydrogens (tertiary/aromatic N) is 2. The third kappa shape index (κ3) is 5.06. The normalized spacial score (nSPS) is 16.0. The number of nitrogens with one attached hydrogen (secondary N) is 4. The van der Waals surface area contributed by atoms with Crippen molar-refractivity contribution in [3.05, 3.63) is 59.9 Å². The molecule has 0 saturated carbocycles. The summed E-state index contributed by atoms with van der Waals surface area (Å²) in [5, 5.41) is 12.1. The first kappa shape index (κ1) is 19.3. The van der Waals surface area contributed by atoms with Gasteiger partial charge in [0.1, 0.15) is 0 Å². The number of benzene rings is 1. The van der Waals surface area contributed by atoms with Gasteiger partial charge in [-0.05, 0) is 23.8 Å². The average molecular weight is 380 g/mol. The van der Waals surface area contributed by atoms with E-state index < -0.39 is 0 Å². The van der Waals surface area contributed by atoms with Crippen molar-refractivity contribution in [2.75, 3.05) is 32.0 Å². The first-order valence-electron chi connectivity index (χ1n) is 9.19. The first-order chi connectivity index (χ1) is 13.7. The molecule has 2 amide bonds. The van der Waals surface area contributed by atoms with E-state index in [0.717, 1.165) is 11.3 Å². The molecule has 1 unspecified atom stereocenters. The molecule has 1 aromatic carbocycles. The summed E-state index contributed by atoms with van der Waals surface area (Å²) in [6, 6.07) is 11.3. The lowest BCUT2D eigenvalue weighted by molar-refractivity contribution is -0.116. The minimum absolute atomic E-state index is 0.0200. The number of aromatic nitrogens is 1. The fraction of sp³-hybridized carbons (Fsp3) is 0.300. The molecule has 4 N–H and O–H groups in total. The summed E-state index contributed by atoms with van der Waals surface area (Å²) in [6.07, 6.45) is 3.59. The van der Waals surface area contributed by atoms with E-state index in [1.165, 1.54) is 6.20 Å². The van der Waals surface area contributed by atoms with E-state index in [1.54, 1.807) is 25.4 Å². The highest BCUT2D eigenvalue weighted by Gasteiger charge is 2.24. The molecule has 1 aromatic heterocycles. The van der Waals surface area contributed by atoms with E-state index in [0.29, 0.717) is 37.6 Å². The van der Waals surface area contributed by atoms with Gasteiger partial charge in [-0.25, -0.2) is 0 Å². The van der Waals surface area contributed by atoms with Crippen LogP contribution in [0, 0.1) is 0 Å². The summed E-state index contributed by atoms with van der Waals surface area (Å²) in [5.41, 5.74) is 2.51. The van der Waals surface area contributed by atoms with Crippen molar-refractivity contribution in [1.29, 1.82) is 0 Å². The molecule has 146 valence electrons. The topological polar surface area (TPSA) is 108 Å². The van der Waals surface area contributed by atoms with Crippen LogP contribution < -0.4 is 21.3 Å². The molecule has 0 bridgehead atoms. The van der Waals surface area contributed by atoms with Gasteiger partial charge in [-0.2, -0.15) is 0 Å². The van der Waals surface area contributed by atoms with Crippen molar-refractivity contribution in [2.45, 2.75) is 12.3 Å². The van der Waals surface area contributed by atoms with Gasteiger partial charge in [0.05, 0.1) is 5.56 Å². The lowest BCUT2D eigenvalue weighted by Gasteiger charge is -2.26. The Morgan fingerprint density at radius 1 is 1.18 bits per heavy atom. The fourth-order valence-corrected chi connectivity index (χ4v) is 3.08. The number of carbonyl (C=O) groups excluding carboxylic acids is 2. The highest BCUT2D eigenvalue weighted by atomic mass is 16.2. The summed E-state index contributed by atoms with van der Waals surface area (Å²) in [7, 11) is 1.69. The van der Waals surface area contributed by atoms with Gasteiger partial charge in [-0.3, -0.25) is 19.6 Å². The van der Waals surface area contributed by atoms with Crippen LogP contribution in [0.1, 0.15) is 28.3 Å². The Morgan fingerprint density at radius 3 is 2.79 bits per heavy atom. The Labute approximate surface area is 163 Å². The number of amides is 2. The molecule has 0 aliphatic carbocycles. The molecule has 8 nitrogen and oxygen atoms in total. The van der Waals surface area contributed by atoms with Gasteiger partial charge < -0.3 is 21.3 Å². The number of fused-ring (bicyclic) bond motifs is 1. The second kappa shape index (κ2) is 9.50. The minimum Gasteiger partial charge on any atom is -0.356 e. The zero-order valence-corrected chi connectivity index (χ0v) is 15.7. The molecule has 1 aliphatic rings. The number of hydrogen-bond acceptors (Lipinski definition) is 4. The van der Waals surface area contributed by atoms with Crippen LogP contribution in [0.2, 0.25) is 0 Å². The molecule has 0 fully saturated rings. The number of para-hydroxylation sites is 1. The van der Waals surface area contributed by atoms with E-state index in [-0.39, 0.29) is 17.7 Å². The average Bonchev–Trinajstić information content (AvgIpc) is 2.73. The SMILES string of the molecule is CN=C(NCCNC(=O)c1cccnc1)NCC1CC(=O)Nc2ccccc21. The lowest BCUT2D eigenvalue weighted by Crippen LogP contribution is -2.43. The molecule has 2 heterocycles. The van der Waals surface area contributed by atoms with E-state index in [1.807, 2.05) is 24.3 Å². The smallest absolute Gasteiger partial charge is 0.252 e. The fourth-order valence-electron chi connectivity index (χ4n) is 3.08. The van der Waals surface area contributed by atoms with E-state index in [4.69, 9.17) is 0 Å². The molecule has 8 heteroatoms. The van der Waals surface area contributed by atoms with Crippen molar-refractivity contribution >= 4 is 23.5 Å². The van der Waals surface area contributed by atoms with Crippen LogP contribution in [-0.2, 0) is 4.79 Å². The molecular weight excluding hydrogens is 356 g/mol. The van der Waals surface area contributed by atoms with Gasteiger partial charge in [0.15, 0.2) is 5.96 Å². The largest absolute Gasteiger partial charge is 0.356 e. The summed E-state index contributed by atoms with van der Waals surface area (Å²) < 4.78 is 0. The Hall–Kier alpha value is -3.42. The van der Waals surface area contributed by atoms with Crippen LogP contribution in [0.3, 0.4) is 0 Å². The van der Waals surface area contributed by atoms with Crippen molar-refractivity contribution in [3.8, 4) is 0 Å². The number of pyridine rings is 1. The quantitative estimate of drug-likeness (QED) is 0.341. The maximum Gasteiger partial charge on any atom is 0.252 e. The molecular formula is C20H24N6O2. The van der Waals surface area contributed by atoms with Crippen LogP contribution in [0.15, 0.2) is 53.8 Å². The maximum atomic E-state index is 12.0. The highest BCUT2D eigenvalue weighted by molar-refractivity contribution is 5.95. The van der Waals surface area contributed by atoms with Gasteiger partial charge in [-0.1, -0.05) is 18.2 Å². The number of hydrogen-bond donors (Lipinski definition) is 4. The molecule has 1 atom stereocenters. The van der Waals surface area contributed by atoms with Gasteiger partial charge in [0.25, 0.3) is 5.91 Å². The molecule has 0 radical (unpaired) electrons. The number of anilines is 1. The number of guanidine groups is 1. The second-order valence-corrected chi connectivity index (χ2v) is 6.41. The Kier molecular flexibility index (Phi) is 6.56. The van der Waals surface area contributed by atoms with Crippen LogP contribution in [-0.4, -0.2) is 49.4 Å². The van der Waals surface area contributed by atoms with Gasteiger partial charge in [0, 0.05) is 57.1 Å². The van der Waals surface area contributed by atoms with Gasteiger partial charge in [0.2, 0.25) is 5.91 Å². The van der Waals surface area contributed by atoms with Crippen LogP contribution in [0.4, 0.5) is 5.69 Å². The standard InChI is InChI=1S/C20H24N6O2/c1-21-20(24-10-9-23-19(28)14-5-4-8-22-12-14)25-13-15-11-18(27)26-17-7-3-2-6-16(15)17/h2-8,12,15H,9-11,13H2,1H3,(H,23,28)(H,26,27)(H2,21,24,25). The van der Waals surface area contributed by atoms with Crippen molar-refractivity contribution in [1.82, 2.24) is 20.9 Å². The zero-order valence-electron chi connectivity index (χ0n) is 15.7. The summed E-state index contributed by atoms with van der Waals surface area (Å²) in [5.74, 6) is 0.558. The van der Waals surface area contributed by atoms with Gasteiger partial charge in [-0.15, -0.1) is 0 Å². The first-order valence-corrected chi connectivity index (χ1v) is 9.19. The lowest BCUT2D eigenvalue weighted by atomic mass is 9.90. The molecule has 0 saturated heterocycles. The molecule has 2 aromatic rings. The van der Waals surface area contributed by atoms with Crippen molar-refractivity contribution < 1.29 is 9.59 Å². The number of carbonyl (C=O) groups is 2. The predicted octanol–water partition coefficient (Wildman–Crippen LogP) is 1.10. The summed E-state index contributed by atoms with van der Waals surface area (Å²) in [6.45, 7) is 1.56. The van der Waals surface area contributed by atoms with Crippen LogP contribution >= 0.6 is 0 Å². The van der Waals surface area contributed by atoms with Crippen LogP contribution in [0.25, 0.3) is 0 Å². The molecule has 28 heavy (non-hydrogen) atoms. The highest BCUT2D eigenvalue weighted by Crippen LogP contribution is 2.31. The maximum absolute atomic E-state index is 12.0. The van der Waals surface area contributed by atoms with Gasteiger partial charge >= 0.3 is 0 Å². The third-order valence-corrected chi connectivity index (χ3v) is 4.47. The van der Waals surface area contributed by atoms with Crippen molar-refractivity contribution in [3.63, 3.8) is 0 Å². The molecule has 1 aliphatic heterocycles. The Balaban J connectivity index is 1.44.